The molecule has 11 atom stereocenters. The van der Waals surface area contributed by atoms with Gasteiger partial charge in [-0.05, 0) is 16.7 Å². The summed E-state index contributed by atoms with van der Waals surface area (Å²) in [6.45, 7) is 3.72. The van der Waals surface area contributed by atoms with Crippen LogP contribution in [-0.4, -0.2) is 92.0 Å². The number of methoxy groups -OCH3 is 1. The highest BCUT2D eigenvalue weighted by atomic mass is 32.2. The molecule has 0 radical (unpaired) electrons. The molecule has 0 aromatic heterocycles. The lowest BCUT2D eigenvalue weighted by Gasteiger charge is -2.51. The van der Waals surface area contributed by atoms with Crippen LogP contribution in [0.1, 0.15) is 42.4 Å². The van der Waals surface area contributed by atoms with Crippen LogP contribution in [-0.2, 0) is 76.8 Å². The second-order valence-corrected chi connectivity index (χ2v) is 15.6. The molecule has 308 valence electrons. The molecule has 0 amide bonds. The van der Waals surface area contributed by atoms with Crippen molar-refractivity contribution in [1.82, 2.24) is 0 Å². The lowest BCUT2D eigenvalue weighted by molar-refractivity contribution is -0.330. The van der Waals surface area contributed by atoms with Crippen LogP contribution in [0.5, 0.6) is 0 Å². The maximum Gasteiger partial charge on any atom is 0.303 e. The van der Waals surface area contributed by atoms with Crippen LogP contribution in [0.25, 0.3) is 0 Å². The van der Waals surface area contributed by atoms with Gasteiger partial charge in [-0.15, -0.1) is 11.8 Å². The third-order valence-corrected chi connectivity index (χ3v) is 11.6. The molecule has 3 aliphatic rings. The molecule has 3 fully saturated rings. The molecule has 4 aromatic carbocycles. The van der Waals surface area contributed by atoms with Gasteiger partial charge in [0.1, 0.15) is 29.9 Å². The van der Waals surface area contributed by atoms with E-state index in [0.717, 1.165) is 22.3 Å². The van der Waals surface area contributed by atoms with E-state index in [2.05, 4.69) is 0 Å². The quantitative estimate of drug-likeness (QED) is 0.114. The van der Waals surface area contributed by atoms with Gasteiger partial charge in [-0.3, -0.25) is 9.59 Å². The van der Waals surface area contributed by atoms with Gasteiger partial charge in [-0.1, -0.05) is 121 Å². The van der Waals surface area contributed by atoms with Gasteiger partial charge in [-0.2, -0.15) is 0 Å². The Bertz CT molecular complexity index is 1850. The average Bonchev–Trinajstić information content (AvgIpc) is 3.25. The zero-order chi connectivity index (χ0) is 40.3. The minimum Gasteiger partial charge on any atom is -0.457 e. The lowest BCUT2D eigenvalue weighted by Crippen LogP contribution is -2.64. The third-order valence-electron chi connectivity index (χ3n) is 10.0. The zero-order valence-corrected chi connectivity index (χ0v) is 33.6. The van der Waals surface area contributed by atoms with Crippen LogP contribution in [0, 0.1) is 0 Å². The lowest BCUT2D eigenvalue weighted by atomic mass is 9.98. The fraction of sp³-hybridized carbons (Fsp3) is 0.422. The Hall–Kier alpha value is -4.15. The SMILES string of the molecule is CO[C@H]1OC(COCc2ccccc2)[C@H](S[C@@H]2OC3COC(c4ccccc4)O[C@H]3C(OCc3ccccc3)C2OCc2ccccc2)C(OC(C)=O)C1OC(C)=O. The summed E-state index contributed by atoms with van der Waals surface area (Å²) in [6, 6.07) is 39.3. The summed E-state index contributed by atoms with van der Waals surface area (Å²) in [5.41, 5.74) is 3.01. The van der Waals surface area contributed by atoms with Crippen LogP contribution in [0.2, 0.25) is 0 Å². The van der Waals surface area contributed by atoms with E-state index in [0.29, 0.717) is 6.61 Å². The summed E-state index contributed by atoms with van der Waals surface area (Å²) in [5.74, 6) is -1.16. The highest BCUT2D eigenvalue weighted by Gasteiger charge is 2.56. The van der Waals surface area contributed by atoms with Crippen molar-refractivity contribution in [2.75, 3.05) is 20.3 Å². The van der Waals surface area contributed by atoms with Gasteiger partial charge >= 0.3 is 11.9 Å². The predicted molar refractivity (Wildman–Crippen MR) is 213 cm³/mol. The van der Waals surface area contributed by atoms with Gasteiger partial charge in [0.2, 0.25) is 0 Å². The number of ether oxygens (including phenoxy) is 10. The molecule has 7 rings (SSSR count). The number of carbonyl (C=O) groups excluding carboxylic acids is 2. The van der Waals surface area contributed by atoms with Crippen molar-refractivity contribution in [3.8, 4) is 0 Å². The topological polar surface area (TPSA) is 126 Å². The van der Waals surface area contributed by atoms with E-state index >= 15 is 0 Å². The zero-order valence-electron chi connectivity index (χ0n) is 32.7. The van der Waals surface area contributed by atoms with Crippen LogP contribution >= 0.6 is 11.8 Å². The second-order valence-electron chi connectivity index (χ2n) is 14.3. The van der Waals surface area contributed by atoms with Gasteiger partial charge in [0, 0.05) is 26.5 Å². The van der Waals surface area contributed by atoms with Crippen LogP contribution < -0.4 is 0 Å². The van der Waals surface area contributed by atoms with E-state index in [1.165, 1.54) is 32.7 Å². The summed E-state index contributed by atoms with van der Waals surface area (Å²) < 4.78 is 63.9. The highest BCUT2D eigenvalue weighted by Crippen LogP contribution is 2.44. The summed E-state index contributed by atoms with van der Waals surface area (Å²) >= 11 is 1.34. The molecule has 13 heteroatoms. The molecule has 0 bridgehead atoms. The summed E-state index contributed by atoms with van der Waals surface area (Å²) in [5, 5.41) is -0.711. The van der Waals surface area contributed by atoms with Crippen LogP contribution in [0.15, 0.2) is 121 Å². The molecule has 0 N–H and O–H groups in total. The van der Waals surface area contributed by atoms with Crippen molar-refractivity contribution >= 4 is 23.7 Å². The number of fused-ring (bicyclic) bond motifs is 1. The molecular weight excluding hydrogens is 765 g/mol. The van der Waals surface area contributed by atoms with Gasteiger partial charge in [0.05, 0.1) is 44.4 Å². The Morgan fingerprint density at radius 1 is 0.638 bits per heavy atom. The maximum atomic E-state index is 12.8. The Morgan fingerprint density at radius 2 is 1.17 bits per heavy atom. The fourth-order valence-corrected chi connectivity index (χ4v) is 8.95. The van der Waals surface area contributed by atoms with E-state index in [-0.39, 0.29) is 26.4 Å². The van der Waals surface area contributed by atoms with E-state index in [4.69, 9.17) is 47.4 Å². The minimum absolute atomic E-state index is 0.0875. The largest absolute Gasteiger partial charge is 0.457 e. The minimum atomic E-state index is -1.10. The Balaban J connectivity index is 1.24. The maximum absolute atomic E-state index is 12.8. The molecule has 0 saturated carbocycles. The average molecular weight is 815 g/mol. The Kier molecular flexibility index (Phi) is 15.0. The molecular formula is C45H50O12S. The van der Waals surface area contributed by atoms with Crippen molar-refractivity contribution in [1.29, 1.82) is 0 Å². The monoisotopic (exact) mass is 814 g/mol. The Labute approximate surface area is 343 Å². The number of thioether (sulfide) groups is 1. The summed E-state index contributed by atoms with van der Waals surface area (Å²) in [7, 11) is 1.44. The number of hydrogen-bond donors (Lipinski definition) is 0. The number of esters is 2. The summed E-state index contributed by atoms with van der Waals surface area (Å²) in [6.07, 6.45) is -7.14. The fourth-order valence-electron chi connectivity index (χ4n) is 7.37. The van der Waals surface area contributed by atoms with Crippen LogP contribution in [0.4, 0.5) is 0 Å². The highest BCUT2D eigenvalue weighted by molar-refractivity contribution is 8.00. The second kappa shape index (κ2) is 20.7. The number of rotatable bonds is 16. The molecule has 0 spiro atoms. The standard InChI is InChI=1S/C45H50O12S/c1-29(46)53-39-40(54-30(2)47)44(48-3)55-36(27-49-24-31-16-8-4-9-17-31)42(39)58-45-41(51-26-33-20-12-6-13-21-33)38(50-25-32-18-10-5-11-19-32)37-35(56-45)28-52-43(57-37)34-22-14-7-15-23-34/h4-23,35-45H,24-28H2,1-3H3/t35?,36?,37-,38?,39?,40?,41?,42+,43?,44+,45+/m1/s1. The molecule has 12 nitrogen and oxygen atoms in total. The summed E-state index contributed by atoms with van der Waals surface area (Å²) in [4.78, 5) is 25.3. The Morgan fingerprint density at radius 3 is 1.74 bits per heavy atom. The smallest absolute Gasteiger partial charge is 0.303 e. The van der Waals surface area contributed by atoms with Gasteiger partial charge in [-0.25, -0.2) is 0 Å². The molecule has 7 unspecified atom stereocenters. The van der Waals surface area contributed by atoms with E-state index in [1.54, 1.807) is 0 Å². The molecule has 58 heavy (non-hydrogen) atoms. The first-order chi connectivity index (χ1) is 28.4. The molecule has 4 aromatic rings. The first-order valence-electron chi connectivity index (χ1n) is 19.4. The van der Waals surface area contributed by atoms with E-state index in [1.807, 2.05) is 121 Å². The third kappa shape index (κ3) is 10.9. The van der Waals surface area contributed by atoms with Crippen molar-refractivity contribution in [3.63, 3.8) is 0 Å². The first-order valence-corrected chi connectivity index (χ1v) is 20.4. The van der Waals surface area contributed by atoms with Crippen molar-refractivity contribution in [2.24, 2.45) is 0 Å². The van der Waals surface area contributed by atoms with Gasteiger partial charge in [0.15, 0.2) is 24.8 Å². The van der Waals surface area contributed by atoms with Crippen molar-refractivity contribution in [2.45, 2.75) is 99.7 Å². The molecule has 3 aliphatic heterocycles. The van der Waals surface area contributed by atoms with Gasteiger partial charge < -0.3 is 47.4 Å². The molecule has 3 saturated heterocycles. The number of hydrogen-bond acceptors (Lipinski definition) is 13. The normalized spacial score (nSPS) is 29.5. The van der Waals surface area contributed by atoms with E-state index in [9.17, 15) is 9.59 Å². The van der Waals surface area contributed by atoms with E-state index < -0.39 is 77.9 Å². The first kappa shape index (κ1) is 42.0. The van der Waals surface area contributed by atoms with Crippen molar-refractivity contribution in [3.05, 3.63) is 144 Å². The molecule has 0 aliphatic carbocycles. The molecule has 3 heterocycles. The number of benzene rings is 4. The van der Waals surface area contributed by atoms with Crippen LogP contribution in [0.3, 0.4) is 0 Å². The predicted octanol–water partition coefficient (Wildman–Crippen LogP) is 6.55. The van der Waals surface area contributed by atoms with Gasteiger partial charge in [0.25, 0.3) is 0 Å². The number of carbonyl (C=O) groups is 2. The van der Waals surface area contributed by atoms with Crippen molar-refractivity contribution < 1.29 is 57.0 Å².